The van der Waals surface area contributed by atoms with Gasteiger partial charge >= 0.3 is 0 Å². The summed E-state index contributed by atoms with van der Waals surface area (Å²) in [5, 5.41) is 9.25. The fourth-order valence-electron chi connectivity index (χ4n) is 2.13. The molecule has 0 atom stereocenters. The lowest BCUT2D eigenvalue weighted by Gasteiger charge is -2.09. The molecule has 2 N–H and O–H groups in total. The largest absolute Gasteiger partial charge is 0.378 e. The number of benzene rings is 1. The molecular formula is C15H14ClN5O. The first-order valence-electron chi connectivity index (χ1n) is 6.73. The molecule has 2 heterocycles. The van der Waals surface area contributed by atoms with Crippen LogP contribution in [0.5, 0.6) is 0 Å². The predicted molar refractivity (Wildman–Crippen MR) is 85.0 cm³/mol. The fraction of sp³-hybridized carbons (Fsp3) is 0.133. The Kier molecular flexibility index (Phi) is 4.20. The van der Waals surface area contributed by atoms with Crippen molar-refractivity contribution in [2.24, 2.45) is 0 Å². The molecule has 1 aromatic carbocycles. The minimum absolute atomic E-state index is 0.115. The van der Waals surface area contributed by atoms with Gasteiger partial charge in [-0.05, 0) is 11.1 Å². The number of imidazole rings is 1. The Hall–Kier alpha value is -2.60. The molecule has 0 saturated carbocycles. The van der Waals surface area contributed by atoms with Crippen LogP contribution >= 0.6 is 11.6 Å². The lowest BCUT2D eigenvalue weighted by atomic mass is 10.1. The van der Waals surface area contributed by atoms with Gasteiger partial charge in [-0.3, -0.25) is 4.79 Å². The molecule has 0 aliphatic carbocycles. The number of hydrogen-bond acceptors (Lipinski definition) is 4. The van der Waals surface area contributed by atoms with Crippen molar-refractivity contribution in [2.75, 3.05) is 5.32 Å². The number of anilines is 1. The van der Waals surface area contributed by atoms with Crippen molar-refractivity contribution in [1.82, 2.24) is 19.7 Å². The van der Waals surface area contributed by atoms with E-state index in [9.17, 15) is 4.79 Å². The summed E-state index contributed by atoms with van der Waals surface area (Å²) in [4.78, 5) is 15.4. The average molecular weight is 316 g/mol. The highest BCUT2D eigenvalue weighted by Crippen LogP contribution is 2.16. The number of nitrogens with zero attached hydrogens (tertiary/aromatic N) is 3. The van der Waals surface area contributed by atoms with Crippen LogP contribution in [0, 0.1) is 0 Å². The summed E-state index contributed by atoms with van der Waals surface area (Å²) in [6.07, 6.45) is 6.96. The van der Waals surface area contributed by atoms with E-state index in [1.807, 2.05) is 22.9 Å². The molecule has 112 valence electrons. The van der Waals surface area contributed by atoms with Gasteiger partial charge in [0.2, 0.25) is 0 Å². The molecule has 6 nitrogen and oxygen atoms in total. The van der Waals surface area contributed by atoms with E-state index in [-0.39, 0.29) is 5.02 Å². The topological polar surface area (TPSA) is 75.6 Å². The number of nitrogens with one attached hydrogen (secondary N) is 2. The van der Waals surface area contributed by atoms with Gasteiger partial charge in [0.05, 0.1) is 18.2 Å². The summed E-state index contributed by atoms with van der Waals surface area (Å²) < 4.78 is 2.00. The van der Waals surface area contributed by atoms with Crippen LogP contribution in [-0.2, 0) is 13.1 Å². The number of rotatable bonds is 5. The van der Waals surface area contributed by atoms with Crippen LogP contribution in [0.2, 0.25) is 5.02 Å². The molecule has 0 bridgehead atoms. The Balaban J connectivity index is 1.70. The molecule has 0 aliphatic rings. The lowest BCUT2D eigenvalue weighted by Crippen LogP contribution is -2.11. The number of hydrogen-bond donors (Lipinski definition) is 2. The van der Waals surface area contributed by atoms with Crippen molar-refractivity contribution in [3.63, 3.8) is 0 Å². The van der Waals surface area contributed by atoms with E-state index in [2.05, 4.69) is 32.6 Å². The molecule has 0 saturated heterocycles. The van der Waals surface area contributed by atoms with Crippen LogP contribution in [0.15, 0.2) is 54.0 Å². The zero-order valence-electron chi connectivity index (χ0n) is 11.7. The van der Waals surface area contributed by atoms with Crippen LogP contribution in [0.25, 0.3) is 0 Å². The second-order valence-electron chi connectivity index (χ2n) is 4.84. The lowest BCUT2D eigenvalue weighted by molar-refractivity contribution is 0.796. The van der Waals surface area contributed by atoms with E-state index in [4.69, 9.17) is 11.6 Å². The van der Waals surface area contributed by atoms with Gasteiger partial charge in [0.25, 0.3) is 5.56 Å². The average Bonchev–Trinajstić information content (AvgIpc) is 3.02. The van der Waals surface area contributed by atoms with E-state index >= 15 is 0 Å². The first-order valence-corrected chi connectivity index (χ1v) is 7.11. The molecule has 0 aliphatic heterocycles. The van der Waals surface area contributed by atoms with Crippen molar-refractivity contribution in [3.05, 3.63) is 75.7 Å². The molecule has 0 spiro atoms. The molecule has 3 rings (SSSR count). The molecule has 0 amide bonds. The number of H-pyrrole nitrogens is 1. The van der Waals surface area contributed by atoms with Crippen molar-refractivity contribution in [1.29, 1.82) is 0 Å². The predicted octanol–water partition coefficient (Wildman–Crippen LogP) is 2.28. The Morgan fingerprint density at radius 1 is 1.32 bits per heavy atom. The van der Waals surface area contributed by atoms with Crippen LogP contribution in [-0.4, -0.2) is 19.7 Å². The monoisotopic (exact) mass is 315 g/mol. The van der Waals surface area contributed by atoms with Gasteiger partial charge in [0.15, 0.2) is 0 Å². The highest BCUT2D eigenvalue weighted by Gasteiger charge is 2.04. The van der Waals surface area contributed by atoms with Gasteiger partial charge in [-0.2, -0.15) is 5.10 Å². The first kappa shape index (κ1) is 14.3. The SMILES string of the molecule is O=c1[nH]ncc(NCc2cccc(Cn3ccnc3)c2)c1Cl. The van der Waals surface area contributed by atoms with E-state index in [1.165, 1.54) is 11.8 Å². The van der Waals surface area contributed by atoms with Crippen LogP contribution in [0.3, 0.4) is 0 Å². The van der Waals surface area contributed by atoms with Crippen LogP contribution in [0.1, 0.15) is 11.1 Å². The molecule has 22 heavy (non-hydrogen) atoms. The molecule has 7 heteroatoms. The summed E-state index contributed by atoms with van der Waals surface area (Å²) in [6.45, 7) is 1.32. The maximum absolute atomic E-state index is 11.4. The maximum Gasteiger partial charge on any atom is 0.285 e. The quantitative estimate of drug-likeness (QED) is 0.757. The molecule has 2 aromatic heterocycles. The minimum atomic E-state index is -0.402. The molecule has 0 fully saturated rings. The summed E-state index contributed by atoms with van der Waals surface area (Å²) in [7, 11) is 0. The highest BCUT2D eigenvalue weighted by molar-refractivity contribution is 6.32. The maximum atomic E-state index is 11.4. The van der Waals surface area contributed by atoms with Gasteiger partial charge in [0.1, 0.15) is 5.02 Å². The zero-order chi connectivity index (χ0) is 15.4. The Bertz CT molecular complexity index is 813. The van der Waals surface area contributed by atoms with Gasteiger partial charge in [-0.25, -0.2) is 10.1 Å². The zero-order valence-corrected chi connectivity index (χ0v) is 12.4. The molecular weight excluding hydrogens is 302 g/mol. The smallest absolute Gasteiger partial charge is 0.285 e. The van der Waals surface area contributed by atoms with E-state index in [0.717, 1.165) is 12.1 Å². The van der Waals surface area contributed by atoms with Crippen molar-refractivity contribution >= 4 is 17.3 Å². The minimum Gasteiger partial charge on any atom is -0.378 e. The Labute approximate surface area is 131 Å². The first-order chi connectivity index (χ1) is 10.7. The van der Waals surface area contributed by atoms with Crippen molar-refractivity contribution in [3.8, 4) is 0 Å². The summed E-state index contributed by atoms with van der Waals surface area (Å²) in [5.74, 6) is 0. The second kappa shape index (κ2) is 6.44. The van der Waals surface area contributed by atoms with Crippen LogP contribution < -0.4 is 10.9 Å². The van der Waals surface area contributed by atoms with E-state index in [0.29, 0.717) is 12.2 Å². The summed E-state index contributed by atoms with van der Waals surface area (Å²) >= 11 is 5.93. The third-order valence-corrected chi connectivity index (χ3v) is 3.57. The third kappa shape index (κ3) is 3.35. The molecule has 0 unspecified atom stereocenters. The fourth-order valence-corrected chi connectivity index (χ4v) is 2.29. The van der Waals surface area contributed by atoms with Gasteiger partial charge in [0, 0.05) is 25.5 Å². The number of aromatic amines is 1. The summed E-state index contributed by atoms with van der Waals surface area (Å²) in [5.41, 5.74) is 2.38. The van der Waals surface area contributed by atoms with Gasteiger partial charge < -0.3 is 9.88 Å². The Morgan fingerprint density at radius 2 is 2.18 bits per heavy atom. The van der Waals surface area contributed by atoms with Crippen LogP contribution in [0.4, 0.5) is 5.69 Å². The van der Waals surface area contributed by atoms with E-state index < -0.39 is 5.56 Å². The van der Waals surface area contributed by atoms with Gasteiger partial charge in [-0.15, -0.1) is 0 Å². The second-order valence-corrected chi connectivity index (χ2v) is 5.21. The van der Waals surface area contributed by atoms with E-state index in [1.54, 1.807) is 12.5 Å². The molecule has 3 aromatic rings. The normalized spacial score (nSPS) is 10.6. The standard InChI is InChI=1S/C15H14ClN5O/c16-14-13(8-19-20-15(14)22)18-7-11-2-1-3-12(6-11)9-21-5-4-17-10-21/h1-6,8,10H,7,9H2,(H2,18,20,22). The van der Waals surface area contributed by atoms with Crippen molar-refractivity contribution in [2.45, 2.75) is 13.1 Å². The Morgan fingerprint density at radius 3 is 3.00 bits per heavy atom. The van der Waals surface area contributed by atoms with Crippen molar-refractivity contribution < 1.29 is 0 Å². The summed E-state index contributed by atoms with van der Waals surface area (Å²) in [6, 6.07) is 8.17. The number of aromatic nitrogens is 4. The third-order valence-electron chi connectivity index (χ3n) is 3.19. The molecule has 0 radical (unpaired) electrons. The number of halogens is 1. The highest BCUT2D eigenvalue weighted by atomic mass is 35.5. The van der Waals surface area contributed by atoms with Gasteiger partial charge in [-0.1, -0.05) is 35.9 Å².